The Morgan fingerprint density at radius 3 is 2.14 bits per heavy atom. The molecular formula is C10H20O4. The normalized spacial score (nSPS) is 11.9. The number of carbonyl (C=O) groups excluding carboxylic acids is 1. The second-order valence-corrected chi connectivity index (χ2v) is 3.94. The van der Waals surface area contributed by atoms with E-state index in [0.29, 0.717) is 13.0 Å². The van der Waals surface area contributed by atoms with Crippen molar-refractivity contribution in [3.63, 3.8) is 0 Å². The quantitative estimate of drug-likeness (QED) is 0.621. The molecular weight excluding hydrogens is 184 g/mol. The van der Waals surface area contributed by atoms with Crippen LogP contribution in [-0.2, 0) is 9.53 Å². The van der Waals surface area contributed by atoms with Gasteiger partial charge < -0.3 is 14.9 Å². The smallest absolute Gasteiger partial charge is 0.316 e. The van der Waals surface area contributed by atoms with Crippen molar-refractivity contribution in [2.75, 3.05) is 19.8 Å². The molecule has 84 valence electrons. The van der Waals surface area contributed by atoms with E-state index in [4.69, 9.17) is 14.9 Å². The molecule has 0 atom stereocenters. The highest BCUT2D eigenvalue weighted by Gasteiger charge is 2.37. The summed E-state index contributed by atoms with van der Waals surface area (Å²) < 4.78 is 4.98. The SMILES string of the molecule is CCC(CO)(CO)C(=O)OCC(C)C. The molecule has 2 N–H and O–H groups in total. The van der Waals surface area contributed by atoms with E-state index in [0.717, 1.165) is 0 Å². The van der Waals surface area contributed by atoms with Gasteiger partial charge in [0, 0.05) is 0 Å². The lowest BCUT2D eigenvalue weighted by Gasteiger charge is -2.26. The van der Waals surface area contributed by atoms with Crippen LogP contribution in [-0.4, -0.2) is 36.0 Å². The molecule has 4 heteroatoms. The summed E-state index contributed by atoms with van der Waals surface area (Å²) in [6, 6.07) is 0. The summed E-state index contributed by atoms with van der Waals surface area (Å²) >= 11 is 0. The topological polar surface area (TPSA) is 66.8 Å². The Bertz CT molecular complexity index is 165. The molecule has 0 unspecified atom stereocenters. The molecule has 0 aliphatic rings. The van der Waals surface area contributed by atoms with Crippen LogP contribution in [0.5, 0.6) is 0 Å². The minimum Gasteiger partial charge on any atom is -0.465 e. The molecule has 4 nitrogen and oxygen atoms in total. The highest BCUT2D eigenvalue weighted by atomic mass is 16.5. The number of aliphatic hydroxyl groups excluding tert-OH is 2. The fourth-order valence-electron chi connectivity index (χ4n) is 0.942. The second-order valence-electron chi connectivity index (χ2n) is 3.94. The van der Waals surface area contributed by atoms with Gasteiger partial charge in [0.2, 0.25) is 0 Å². The largest absolute Gasteiger partial charge is 0.465 e. The Balaban J connectivity index is 4.29. The van der Waals surface area contributed by atoms with E-state index < -0.39 is 11.4 Å². The van der Waals surface area contributed by atoms with Crippen LogP contribution in [0.15, 0.2) is 0 Å². The molecule has 0 heterocycles. The summed E-state index contributed by atoms with van der Waals surface area (Å²) in [5.41, 5.74) is -1.13. The number of carbonyl (C=O) groups is 1. The fraction of sp³-hybridized carbons (Fsp3) is 0.900. The predicted molar refractivity (Wildman–Crippen MR) is 52.7 cm³/mol. The van der Waals surface area contributed by atoms with E-state index >= 15 is 0 Å². The van der Waals surface area contributed by atoms with Crippen molar-refractivity contribution in [3.05, 3.63) is 0 Å². The summed E-state index contributed by atoms with van der Waals surface area (Å²) in [5.74, 6) is -0.260. The van der Waals surface area contributed by atoms with Gasteiger partial charge in [0.05, 0.1) is 19.8 Å². The van der Waals surface area contributed by atoms with Gasteiger partial charge in [0.25, 0.3) is 0 Å². The molecule has 0 saturated heterocycles. The first-order valence-corrected chi connectivity index (χ1v) is 4.91. The van der Waals surface area contributed by atoms with E-state index in [9.17, 15) is 4.79 Å². The summed E-state index contributed by atoms with van der Waals surface area (Å²) in [6.45, 7) is 5.16. The Labute approximate surface area is 84.9 Å². The van der Waals surface area contributed by atoms with Crippen molar-refractivity contribution in [1.82, 2.24) is 0 Å². The van der Waals surface area contributed by atoms with Gasteiger partial charge in [-0.05, 0) is 12.3 Å². The average Bonchev–Trinajstić information content (AvgIpc) is 2.18. The molecule has 0 bridgehead atoms. The van der Waals surface area contributed by atoms with Gasteiger partial charge in [-0.2, -0.15) is 0 Å². The zero-order valence-electron chi connectivity index (χ0n) is 9.12. The maximum Gasteiger partial charge on any atom is 0.316 e. The van der Waals surface area contributed by atoms with Gasteiger partial charge in [0.1, 0.15) is 5.41 Å². The molecule has 0 aromatic rings. The van der Waals surface area contributed by atoms with Crippen molar-refractivity contribution in [2.45, 2.75) is 27.2 Å². The summed E-state index contributed by atoms with van der Waals surface area (Å²) in [6.07, 6.45) is 0.372. The van der Waals surface area contributed by atoms with Gasteiger partial charge in [-0.3, -0.25) is 4.79 Å². The highest BCUT2D eigenvalue weighted by molar-refractivity contribution is 5.77. The maximum absolute atomic E-state index is 11.5. The number of hydrogen-bond acceptors (Lipinski definition) is 4. The van der Waals surface area contributed by atoms with Crippen molar-refractivity contribution < 1.29 is 19.7 Å². The lowest BCUT2D eigenvalue weighted by Crippen LogP contribution is -2.40. The van der Waals surface area contributed by atoms with Crippen LogP contribution in [0.2, 0.25) is 0 Å². The molecule has 0 amide bonds. The van der Waals surface area contributed by atoms with Gasteiger partial charge in [-0.25, -0.2) is 0 Å². The molecule has 0 radical (unpaired) electrons. The number of esters is 1. The fourth-order valence-corrected chi connectivity index (χ4v) is 0.942. The third-order valence-corrected chi connectivity index (χ3v) is 2.26. The third kappa shape index (κ3) is 3.27. The average molecular weight is 204 g/mol. The summed E-state index contributed by atoms with van der Waals surface area (Å²) in [4.78, 5) is 11.5. The van der Waals surface area contributed by atoms with E-state index in [1.807, 2.05) is 13.8 Å². The Hall–Kier alpha value is -0.610. The van der Waals surface area contributed by atoms with Crippen LogP contribution >= 0.6 is 0 Å². The lowest BCUT2D eigenvalue weighted by molar-refractivity contribution is -0.163. The predicted octanol–water partition coefficient (Wildman–Crippen LogP) is 0.567. The molecule has 0 aromatic heterocycles. The molecule has 0 spiro atoms. The Morgan fingerprint density at radius 1 is 1.36 bits per heavy atom. The first kappa shape index (κ1) is 13.4. The van der Waals surface area contributed by atoms with Crippen LogP contribution < -0.4 is 0 Å². The molecule has 0 rings (SSSR count). The van der Waals surface area contributed by atoms with E-state index in [-0.39, 0.29) is 19.1 Å². The first-order chi connectivity index (χ1) is 6.52. The molecule has 0 aliphatic carbocycles. The van der Waals surface area contributed by atoms with Crippen LogP contribution in [0.1, 0.15) is 27.2 Å². The zero-order chi connectivity index (χ0) is 11.2. The molecule has 0 aliphatic heterocycles. The highest BCUT2D eigenvalue weighted by Crippen LogP contribution is 2.22. The lowest BCUT2D eigenvalue weighted by atomic mass is 9.87. The van der Waals surface area contributed by atoms with Crippen molar-refractivity contribution in [1.29, 1.82) is 0 Å². The van der Waals surface area contributed by atoms with Crippen molar-refractivity contribution in [2.24, 2.45) is 11.3 Å². The van der Waals surface area contributed by atoms with Gasteiger partial charge in [-0.15, -0.1) is 0 Å². The van der Waals surface area contributed by atoms with Crippen LogP contribution in [0.3, 0.4) is 0 Å². The van der Waals surface area contributed by atoms with Crippen molar-refractivity contribution >= 4 is 5.97 Å². The summed E-state index contributed by atoms with van der Waals surface area (Å²) in [7, 11) is 0. The molecule has 14 heavy (non-hydrogen) atoms. The molecule has 0 aromatic carbocycles. The molecule has 0 saturated carbocycles. The zero-order valence-corrected chi connectivity index (χ0v) is 9.12. The minimum absolute atomic E-state index is 0.255. The number of rotatable bonds is 6. The second kappa shape index (κ2) is 5.98. The Kier molecular flexibility index (Phi) is 5.72. The van der Waals surface area contributed by atoms with E-state index in [2.05, 4.69) is 0 Å². The first-order valence-electron chi connectivity index (χ1n) is 4.91. The monoisotopic (exact) mass is 204 g/mol. The van der Waals surface area contributed by atoms with Gasteiger partial charge in [-0.1, -0.05) is 20.8 Å². The summed E-state index contributed by atoms with van der Waals surface area (Å²) in [5, 5.41) is 18.1. The van der Waals surface area contributed by atoms with Crippen LogP contribution in [0.4, 0.5) is 0 Å². The van der Waals surface area contributed by atoms with Crippen molar-refractivity contribution in [3.8, 4) is 0 Å². The van der Waals surface area contributed by atoms with E-state index in [1.54, 1.807) is 6.92 Å². The van der Waals surface area contributed by atoms with Crippen LogP contribution in [0, 0.1) is 11.3 Å². The third-order valence-electron chi connectivity index (χ3n) is 2.26. The van der Waals surface area contributed by atoms with E-state index in [1.165, 1.54) is 0 Å². The number of aliphatic hydroxyl groups is 2. The van der Waals surface area contributed by atoms with Crippen LogP contribution in [0.25, 0.3) is 0 Å². The minimum atomic E-state index is -1.13. The van der Waals surface area contributed by atoms with Gasteiger partial charge >= 0.3 is 5.97 Å². The standard InChI is InChI=1S/C10H20O4/c1-4-10(6-11,7-12)9(13)14-5-8(2)3/h8,11-12H,4-7H2,1-3H3. The number of hydrogen-bond donors (Lipinski definition) is 2. The van der Waals surface area contributed by atoms with Gasteiger partial charge in [0.15, 0.2) is 0 Å². The Morgan fingerprint density at radius 2 is 1.86 bits per heavy atom. The number of ether oxygens (including phenoxy) is 1. The molecule has 0 fully saturated rings. The maximum atomic E-state index is 11.5.